The van der Waals surface area contributed by atoms with Crippen molar-refractivity contribution in [3.63, 3.8) is 0 Å². The smallest absolute Gasteiger partial charge is 0.223 e. The van der Waals surface area contributed by atoms with Crippen LogP contribution in [0.4, 0.5) is 0 Å². The van der Waals surface area contributed by atoms with Crippen LogP contribution in [0.5, 0.6) is 0 Å². The summed E-state index contributed by atoms with van der Waals surface area (Å²) in [4.78, 5) is 11.3. The minimum atomic E-state index is 0.244. The number of amides is 1. The van der Waals surface area contributed by atoms with Crippen LogP contribution in [-0.2, 0) is 4.79 Å². The molecular formula is C12H24N2O. The Kier molecular flexibility index (Phi) is 5.09. The van der Waals surface area contributed by atoms with E-state index in [9.17, 15) is 4.79 Å². The molecule has 0 aromatic heterocycles. The summed E-state index contributed by atoms with van der Waals surface area (Å²) >= 11 is 0. The zero-order chi connectivity index (χ0) is 11.3. The van der Waals surface area contributed by atoms with Gasteiger partial charge in [-0.05, 0) is 25.7 Å². The van der Waals surface area contributed by atoms with Gasteiger partial charge in [-0.15, -0.1) is 0 Å². The quantitative estimate of drug-likeness (QED) is 0.628. The fraction of sp³-hybridized carbons (Fsp3) is 0.917. The largest absolute Gasteiger partial charge is 0.355 e. The Balaban J connectivity index is 1.98. The molecule has 0 radical (unpaired) electrons. The Morgan fingerprint density at radius 1 is 1.33 bits per heavy atom. The summed E-state index contributed by atoms with van der Waals surface area (Å²) in [6.07, 6.45) is 3.37. The van der Waals surface area contributed by atoms with Crippen LogP contribution < -0.4 is 10.6 Å². The molecule has 0 saturated heterocycles. The van der Waals surface area contributed by atoms with Gasteiger partial charge in [0, 0.05) is 25.0 Å². The average Bonchev–Trinajstić information content (AvgIpc) is 3.06. The number of carbonyl (C=O) groups is 1. The van der Waals surface area contributed by atoms with Crippen LogP contribution >= 0.6 is 0 Å². The van der Waals surface area contributed by atoms with E-state index in [0.29, 0.717) is 17.9 Å². The van der Waals surface area contributed by atoms with Crippen molar-refractivity contribution in [2.75, 3.05) is 13.1 Å². The first-order valence-electron chi connectivity index (χ1n) is 6.16. The molecule has 3 nitrogen and oxygen atoms in total. The van der Waals surface area contributed by atoms with Crippen molar-refractivity contribution in [1.82, 2.24) is 10.6 Å². The van der Waals surface area contributed by atoms with Crippen molar-refractivity contribution < 1.29 is 4.79 Å². The minimum absolute atomic E-state index is 0.244. The van der Waals surface area contributed by atoms with Crippen LogP contribution in [0.2, 0.25) is 0 Å². The summed E-state index contributed by atoms with van der Waals surface area (Å²) in [6.45, 7) is 8.30. The highest BCUT2D eigenvalue weighted by Crippen LogP contribution is 2.28. The Morgan fingerprint density at radius 3 is 2.53 bits per heavy atom. The highest BCUT2D eigenvalue weighted by molar-refractivity contribution is 5.80. The first-order valence-corrected chi connectivity index (χ1v) is 6.16. The maximum Gasteiger partial charge on any atom is 0.223 e. The molecule has 1 fully saturated rings. The molecule has 0 spiro atoms. The average molecular weight is 212 g/mol. The van der Waals surface area contributed by atoms with E-state index in [1.165, 1.54) is 6.42 Å². The van der Waals surface area contributed by atoms with Crippen LogP contribution in [0, 0.1) is 11.8 Å². The van der Waals surface area contributed by atoms with E-state index in [1.807, 2.05) is 0 Å². The Bertz CT molecular complexity index is 202. The summed E-state index contributed by atoms with van der Waals surface area (Å²) in [5.74, 6) is 1.27. The summed E-state index contributed by atoms with van der Waals surface area (Å²) in [6, 6.07) is 0.535. The van der Waals surface area contributed by atoms with Crippen molar-refractivity contribution >= 4 is 5.91 Å². The standard InChI is InChI=1S/C12H24N2O/c1-4-9(2)10(3)13-7-8-14-12(15)11-5-6-11/h9-11,13H,4-8H2,1-3H3,(H,14,15)/t9-,10+/m0/s1. The van der Waals surface area contributed by atoms with Crippen molar-refractivity contribution in [2.24, 2.45) is 11.8 Å². The predicted molar refractivity (Wildman–Crippen MR) is 62.7 cm³/mol. The highest BCUT2D eigenvalue weighted by atomic mass is 16.2. The lowest BCUT2D eigenvalue weighted by Crippen LogP contribution is -2.38. The molecule has 0 unspecified atom stereocenters. The van der Waals surface area contributed by atoms with Crippen LogP contribution in [0.25, 0.3) is 0 Å². The Hall–Kier alpha value is -0.570. The van der Waals surface area contributed by atoms with E-state index in [0.717, 1.165) is 25.9 Å². The topological polar surface area (TPSA) is 41.1 Å². The van der Waals surface area contributed by atoms with Crippen molar-refractivity contribution in [3.8, 4) is 0 Å². The Morgan fingerprint density at radius 2 is 2.00 bits per heavy atom. The lowest BCUT2D eigenvalue weighted by Gasteiger charge is -2.19. The van der Waals surface area contributed by atoms with Gasteiger partial charge in [-0.1, -0.05) is 20.3 Å². The van der Waals surface area contributed by atoms with Crippen LogP contribution in [-0.4, -0.2) is 25.0 Å². The second kappa shape index (κ2) is 6.11. The zero-order valence-electron chi connectivity index (χ0n) is 10.2. The normalized spacial score (nSPS) is 19.7. The van der Waals surface area contributed by atoms with Gasteiger partial charge >= 0.3 is 0 Å². The minimum Gasteiger partial charge on any atom is -0.355 e. The van der Waals surface area contributed by atoms with E-state index in [2.05, 4.69) is 31.4 Å². The molecule has 1 aliphatic rings. The van der Waals surface area contributed by atoms with E-state index in [-0.39, 0.29) is 5.91 Å². The Labute approximate surface area is 93.0 Å². The highest BCUT2D eigenvalue weighted by Gasteiger charge is 2.28. The first kappa shape index (κ1) is 12.5. The number of hydrogen-bond acceptors (Lipinski definition) is 2. The van der Waals surface area contributed by atoms with Gasteiger partial charge in [-0.3, -0.25) is 4.79 Å². The third-order valence-corrected chi connectivity index (χ3v) is 3.34. The van der Waals surface area contributed by atoms with Crippen LogP contribution in [0.1, 0.15) is 40.0 Å². The van der Waals surface area contributed by atoms with Gasteiger partial charge in [0.05, 0.1) is 0 Å². The fourth-order valence-electron chi connectivity index (χ4n) is 1.53. The van der Waals surface area contributed by atoms with Gasteiger partial charge < -0.3 is 10.6 Å². The number of hydrogen-bond donors (Lipinski definition) is 2. The summed E-state index contributed by atoms with van der Waals surface area (Å²) in [5, 5.41) is 6.39. The van der Waals surface area contributed by atoms with Gasteiger partial charge in [-0.2, -0.15) is 0 Å². The van der Waals surface area contributed by atoms with E-state index in [4.69, 9.17) is 0 Å². The van der Waals surface area contributed by atoms with E-state index < -0.39 is 0 Å². The lowest BCUT2D eigenvalue weighted by molar-refractivity contribution is -0.122. The summed E-state index contributed by atoms with van der Waals surface area (Å²) in [7, 11) is 0. The van der Waals surface area contributed by atoms with Crippen LogP contribution in [0.15, 0.2) is 0 Å². The summed E-state index contributed by atoms with van der Waals surface area (Å²) in [5.41, 5.74) is 0. The molecule has 0 heterocycles. The molecule has 3 heteroatoms. The molecule has 0 aromatic carbocycles. The number of nitrogens with one attached hydrogen (secondary N) is 2. The van der Waals surface area contributed by atoms with Gasteiger partial charge in [-0.25, -0.2) is 0 Å². The zero-order valence-corrected chi connectivity index (χ0v) is 10.2. The van der Waals surface area contributed by atoms with Crippen LogP contribution in [0.3, 0.4) is 0 Å². The maximum absolute atomic E-state index is 11.3. The third-order valence-electron chi connectivity index (χ3n) is 3.34. The van der Waals surface area contributed by atoms with E-state index >= 15 is 0 Å². The van der Waals surface area contributed by atoms with Gasteiger partial charge in [0.2, 0.25) is 5.91 Å². The predicted octanol–water partition coefficient (Wildman–Crippen LogP) is 1.54. The van der Waals surface area contributed by atoms with Crippen molar-refractivity contribution in [2.45, 2.75) is 46.1 Å². The molecule has 88 valence electrons. The second-order valence-electron chi connectivity index (χ2n) is 4.69. The molecular weight excluding hydrogens is 188 g/mol. The number of carbonyl (C=O) groups excluding carboxylic acids is 1. The molecule has 1 saturated carbocycles. The van der Waals surface area contributed by atoms with Gasteiger partial charge in [0.25, 0.3) is 0 Å². The third kappa shape index (κ3) is 4.65. The van der Waals surface area contributed by atoms with E-state index in [1.54, 1.807) is 0 Å². The first-order chi connectivity index (χ1) is 7.15. The molecule has 0 aromatic rings. The molecule has 1 amide bonds. The monoisotopic (exact) mass is 212 g/mol. The fourth-order valence-corrected chi connectivity index (χ4v) is 1.53. The van der Waals surface area contributed by atoms with Crippen molar-refractivity contribution in [3.05, 3.63) is 0 Å². The second-order valence-corrected chi connectivity index (χ2v) is 4.69. The molecule has 2 N–H and O–H groups in total. The maximum atomic E-state index is 11.3. The van der Waals surface area contributed by atoms with Crippen molar-refractivity contribution in [1.29, 1.82) is 0 Å². The molecule has 1 rings (SSSR count). The molecule has 1 aliphatic carbocycles. The van der Waals surface area contributed by atoms with Gasteiger partial charge in [0.15, 0.2) is 0 Å². The molecule has 15 heavy (non-hydrogen) atoms. The molecule has 0 aliphatic heterocycles. The SMILES string of the molecule is CC[C@H](C)[C@@H](C)NCCNC(=O)C1CC1. The lowest BCUT2D eigenvalue weighted by atomic mass is 10.0. The number of rotatable bonds is 7. The van der Waals surface area contributed by atoms with Gasteiger partial charge in [0.1, 0.15) is 0 Å². The molecule has 2 atom stereocenters. The molecule has 0 bridgehead atoms. The summed E-state index contributed by atoms with van der Waals surface area (Å²) < 4.78 is 0.